The first-order chi connectivity index (χ1) is 12.3. The Labute approximate surface area is 160 Å². The van der Waals surface area contributed by atoms with Crippen LogP contribution in [0, 0.1) is 34.0 Å². The SMILES string of the molecule is CCCCCC1(C)CC2NC(=O)C=C[C@]2(C)[C@@H]2CC[C@]3(C)CCC[C@H]3[C@@H]21. The van der Waals surface area contributed by atoms with Crippen molar-refractivity contribution >= 4 is 5.91 Å². The molecule has 0 aromatic heterocycles. The maximum absolute atomic E-state index is 12.1. The van der Waals surface area contributed by atoms with E-state index >= 15 is 0 Å². The van der Waals surface area contributed by atoms with Crippen molar-refractivity contribution in [2.45, 2.75) is 97.9 Å². The van der Waals surface area contributed by atoms with Gasteiger partial charge in [-0.25, -0.2) is 0 Å². The predicted octanol–water partition coefficient (Wildman–Crippen LogP) is 5.87. The monoisotopic (exact) mass is 357 g/mol. The summed E-state index contributed by atoms with van der Waals surface area (Å²) in [5.41, 5.74) is 1.13. The molecule has 0 aromatic carbocycles. The van der Waals surface area contributed by atoms with Crippen LogP contribution in [0.3, 0.4) is 0 Å². The van der Waals surface area contributed by atoms with Crippen molar-refractivity contribution in [3.63, 3.8) is 0 Å². The highest BCUT2D eigenvalue weighted by Gasteiger charge is 2.63. The van der Waals surface area contributed by atoms with E-state index in [4.69, 9.17) is 0 Å². The molecule has 2 unspecified atom stereocenters. The Morgan fingerprint density at radius 1 is 1.12 bits per heavy atom. The van der Waals surface area contributed by atoms with Crippen molar-refractivity contribution in [3.8, 4) is 0 Å². The quantitative estimate of drug-likeness (QED) is 0.626. The summed E-state index contributed by atoms with van der Waals surface area (Å²) in [6.45, 7) is 9.95. The Hall–Kier alpha value is -0.790. The van der Waals surface area contributed by atoms with Gasteiger partial charge in [-0.15, -0.1) is 0 Å². The summed E-state index contributed by atoms with van der Waals surface area (Å²) in [5, 5.41) is 3.38. The van der Waals surface area contributed by atoms with Crippen LogP contribution in [0.5, 0.6) is 0 Å². The lowest BCUT2D eigenvalue weighted by atomic mass is 9.42. The first kappa shape index (κ1) is 18.6. The number of amides is 1. The van der Waals surface area contributed by atoms with E-state index in [1.54, 1.807) is 0 Å². The van der Waals surface area contributed by atoms with Crippen LogP contribution in [0.15, 0.2) is 12.2 Å². The van der Waals surface area contributed by atoms with Gasteiger partial charge in [-0.2, -0.15) is 0 Å². The van der Waals surface area contributed by atoms with E-state index in [2.05, 4.69) is 39.1 Å². The third-order valence-electron chi connectivity index (χ3n) is 9.34. The summed E-state index contributed by atoms with van der Waals surface area (Å²) in [6, 6.07) is 0.332. The molecule has 0 bridgehead atoms. The van der Waals surface area contributed by atoms with E-state index in [1.165, 1.54) is 64.2 Å². The van der Waals surface area contributed by atoms with Crippen molar-refractivity contribution < 1.29 is 4.79 Å². The molecule has 3 aliphatic carbocycles. The van der Waals surface area contributed by atoms with Gasteiger partial charge in [0.05, 0.1) is 0 Å². The molecule has 2 nitrogen and oxygen atoms in total. The van der Waals surface area contributed by atoms with Crippen LogP contribution < -0.4 is 5.32 Å². The van der Waals surface area contributed by atoms with Gasteiger partial charge in [0.1, 0.15) is 0 Å². The Kier molecular flexibility index (Phi) is 4.56. The molecular weight excluding hydrogens is 318 g/mol. The predicted molar refractivity (Wildman–Crippen MR) is 108 cm³/mol. The van der Waals surface area contributed by atoms with Crippen LogP contribution in [0.4, 0.5) is 0 Å². The molecule has 2 heteroatoms. The van der Waals surface area contributed by atoms with Gasteiger partial charge in [0.2, 0.25) is 5.91 Å². The van der Waals surface area contributed by atoms with Crippen molar-refractivity contribution in [2.24, 2.45) is 34.0 Å². The Bertz CT molecular complexity index is 597. The second kappa shape index (κ2) is 6.38. The molecule has 0 aromatic rings. The molecular formula is C24H39NO. The molecule has 0 spiro atoms. The van der Waals surface area contributed by atoms with Crippen LogP contribution in [0.25, 0.3) is 0 Å². The summed E-state index contributed by atoms with van der Waals surface area (Å²) in [7, 11) is 0. The summed E-state index contributed by atoms with van der Waals surface area (Å²) >= 11 is 0. The summed E-state index contributed by atoms with van der Waals surface area (Å²) < 4.78 is 0. The Morgan fingerprint density at radius 3 is 2.69 bits per heavy atom. The zero-order valence-corrected chi connectivity index (χ0v) is 17.4. The van der Waals surface area contributed by atoms with Crippen LogP contribution >= 0.6 is 0 Å². The fraction of sp³-hybridized carbons (Fsp3) is 0.875. The zero-order chi connectivity index (χ0) is 18.6. The largest absolute Gasteiger partial charge is 0.349 e. The third-order valence-corrected chi connectivity index (χ3v) is 9.34. The first-order valence-electron chi connectivity index (χ1n) is 11.3. The summed E-state index contributed by atoms with van der Waals surface area (Å²) in [4.78, 5) is 12.1. The summed E-state index contributed by atoms with van der Waals surface area (Å²) in [6.07, 6.45) is 17.7. The fourth-order valence-electron chi connectivity index (χ4n) is 7.85. The molecule has 7 atom stereocenters. The molecule has 4 aliphatic rings. The normalized spacial score (nSPS) is 49.9. The summed E-state index contributed by atoms with van der Waals surface area (Å²) in [5.74, 6) is 2.60. The number of carbonyl (C=O) groups excluding carboxylic acids is 1. The second-order valence-electron chi connectivity index (χ2n) is 10.9. The number of carbonyl (C=O) groups is 1. The van der Waals surface area contributed by atoms with Crippen LogP contribution in [0.2, 0.25) is 0 Å². The minimum Gasteiger partial charge on any atom is -0.349 e. The van der Waals surface area contributed by atoms with Gasteiger partial charge >= 0.3 is 0 Å². The molecule has 4 rings (SSSR count). The van der Waals surface area contributed by atoms with Crippen LogP contribution in [0.1, 0.15) is 91.9 Å². The van der Waals surface area contributed by atoms with E-state index in [0.717, 1.165) is 17.8 Å². The fourth-order valence-corrected chi connectivity index (χ4v) is 7.85. The molecule has 1 amide bonds. The highest BCUT2D eigenvalue weighted by molar-refractivity contribution is 5.89. The van der Waals surface area contributed by atoms with Crippen molar-refractivity contribution in [2.75, 3.05) is 0 Å². The van der Waals surface area contributed by atoms with Gasteiger partial charge in [0, 0.05) is 11.5 Å². The highest BCUT2D eigenvalue weighted by atomic mass is 16.1. The van der Waals surface area contributed by atoms with Gasteiger partial charge in [0.15, 0.2) is 0 Å². The number of unbranched alkanes of at least 4 members (excludes halogenated alkanes) is 2. The van der Waals surface area contributed by atoms with Gasteiger partial charge in [0.25, 0.3) is 0 Å². The molecule has 1 N–H and O–H groups in total. The minimum atomic E-state index is 0.128. The lowest BCUT2D eigenvalue weighted by Crippen LogP contribution is -2.64. The lowest BCUT2D eigenvalue weighted by Gasteiger charge is -2.64. The van der Waals surface area contributed by atoms with E-state index in [1.807, 2.05) is 6.08 Å². The molecule has 146 valence electrons. The number of rotatable bonds is 4. The van der Waals surface area contributed by atoms with E-state index < -0.39 is 0 Å². The number of fused-ring (bicyclic) bond motifs is 5. The highest BCUT2D eigenvalue weighted by Crippen LogP contribution is 2.68. The van der Waals surface area contributed by atoms with Crippen LogP contribution in [-0.2, 0) is 4.79 Å². The van der Waals surface area contributed by atoms with Crippen molar-refractivity contribution in [1.82, 2.24) is 5.32 Å². The number of hydrogen-bond donors (Lipinski definition) is 1. The average molecular weight is 358 g/mol. The van der Waals surface area contributed by atoms with Crippen molar-refractivity contribution in [1.29, 1.82) is 0 Å². The molecule has 0 radical (unpaired) electrons. The minimum absolute atomic E-state index is 0.128. The first-order valence-corrected chi connectivity index (χ1v) is 11.3. The average Bonchev–Trinajstić information content (AvgIpc) is 2.98. The standard InChI is InChI=1S/C24H39NO/c1-5-6-7-12-23(3)16-19-24(4,15-11-20(26)25-19)18-10-14-22(2)13-8-9-17(22)21(18)23/h11,15,17-19,21H,5-10,12-14,16H2,1-4H3,(H,25,26)/t17-,18+,19?,21-,22-,23?,24+/m0/s1. The van der Waals surface area contributed by atoms with E-state index in [0.29, 0.717) is 16.9 Å². The maximum Gasteiger partial charge on any atom is 0.243 e. The smallest absolute Gasteiger partial charge is 0.243 e. The van der Waals surface area contributed by atoms with E-state index in [9.17, 15) is 4.79 Å². The molecule has 1 heterocycles. The second-order valence-corrected chi connectivity index (χ2v) is 10.9. The number of nitrogens with one attached hydrogen (secondary N) is 1. The van der Waals surface area contributed by atoms with Gasteiger partial charge < -0.3 is 5.32 Å². The van der Waals surface area contributed by atoms with E-state index in [-0.39, 0.29) is 11.3 Å². The topological polar surface area (TPSA) is 29.1 Å². The third kappa shape index (κ3) is 2.69. The van der Waals surface area contributed by atoms with Crippen LogP contribution in [-0.4, -0.2) is 11.9 Å². The molecule has 26 heavy (non-hydrogen) atoms. The molecule has 1 aliphatic heterocycles. The van der Waals surface area contributed by atoms with Gasteiger partial charge in [-0.3, -0.25) is 4.79 Å². The Balaban J connectivity index is 1.72. The van der Waals surface area contributed by atoms with Crippen molar-refractivity contribution in [3.05, 3.63) is 12.2 Å². The van der Waals surface area contributed by atoms with Gasteiger partial charge in [-0.1, -0.05) is 59.5 Å². The number of hydrogen-bond acceptors (Lipinski definition) is 1. The molecule has 3 saturated carbocycles. The molecule has 0 saturated heterocycles. The lowest BCUT2D eigenvalue weighted by molar-refractivity contribution is -0.140. The maximum atomic E-state index is 12.1. The van der Waals surface area contributed by atoms with Gasteiger partial charge in [-0.05, 0) is 73.2 Å². The Morgan fingerprint density at radius 2 is 1.92 bits per heavy atom. The molecule has 3 fully saturated rings. The zero-order valence-electron chi connectivity index (χ0n) is 17.4.